The van der Waals surface area contributed by atoms with Crippen LogP contribution >= 0.6 is 0 Å². The maximum Gasteiger partial charge on any atom is 0.265 e. The number of hydrogen-bond donors (Lipinski definition) is 1. The highest BCUT2D eigenvalue weighted by Gasteiger charge is 2.37. The number of anilines is 1. The zero-order valence-corrected chi connectivity index (χ0v) is 24.8. The minimum Gasteiger partial charge on any atom is -0.478 e. The highest BCUT2D eigenvalue weighted by molar-refractivity contribution is 7.92. The SMILES string of the molecule is COc1nc(C)cnc1NS(=O)(=O)c1cnccc1-c1ccccc1CC(C)CO[Si](C)(C)C(C)(C)C. The van der Waals surface area contributed by atoms with Crippen molar-refractivity contribution in [2.24, 2.45) is 5.92 Å². The molecule has 0 bridgehead atoms. The average molecular weight is 543 g/mol. The summed E-state index contributed by atoms with van der Waals surface area (Å²) in [6.07, 6.45) is 5.18. The van der Waals surface area contributed by atoms with E-state index in [-0.39, 0.29) is 27.5 Å². The summed E-state index contributed by atoms with van der Waals surface area (Å²) in [5, 5.41) is 0.141. The van der Waals surface area contributed by atoms with Gasteiger partial charge in [-0.1, -0.05) is 52.0 Å². The number of aryl methyl sites for hydroxylation is 1. The van der Waals surface area contributed by atoms with Crippen molar-refractivity contribution in [2.75, 3.05) is 18.4 Å². The van der Waals surface area contributed by atoms with E-state index in [1.165, 1.54) is 19.5 Å². The van der Waals surface area contributed by atoms with Crippen molar-refractivity contribution >= 4 is 24.2 Å². The molecular formula is C27H38N4O4SSi. The largest absolute Gasteiger partial charge is 0.478 e. The fraction of sp³-hybridized carbons (Fsp3) is 0.444. The number of aromatic nitrogens is 3. The van der Waals surface area contributed by atoms with Crippen LogP contribution in [0.1, 0.15) is 39.0 Å². The van der Waals surface area contributed by atoms with Crippen LogP contribution in [-0.2, 0) is 20.9 Å². The lowest BCUT2D eigenvalue weighted by atomic mass is 9.94. The molecule has 3 aromatic rings. The molecule has 8 nitrogen and oxygen atoms in total. The number of sulfonamides is 1. The van der Waals surface area contributed by atoms with E-state index in [0.29, 0.717) is 17.9 Å². The normalized spacial score (nSPS) is 13.3. The Labute approximate surface area is 222 Å². The standard InChI is InChI=1S/C27H38N4O4SSi/c1-19(18-35-37(7,8)27(3,4)5)15-21-11-9-10-12-22(21)23-13-14-28-17-24(23)36(32,33)31-25-26(34-6)30-20(2)16-29-25/h9-14,16-17,19H,15,18H2,1-8H3,(H,29,31). The van der Waals surface area contributed by atoms with Crippen LogP contribution in [0, 0.1) is 12.8 Å². The summed E-state index contributed by atoms with van der Waals surface area (Å²) < 4.78 is 41.2. The van der Waals surface area contributed by atoms with E-state index in [1.807, 2.05) is 24.3 Å². The smallest absolute Gasteiger partial charge is 0.265 e. The molecule has 0 aliphatic carbocycles. The third-order valence-electron chi connectivity index (χ3n) is 6.77. The van der Waals surface area contributed by atoms with Crippen molar-refractivity contribution in [2.45, 2.75) is 64.1 Å². The van der Waals surface area contributed by atoms with Gasteiger partial charge in [-0.15, -0.1) is 0 Å². The second-order valence-electron chi connectivity index (χ2n) is 10.9. The Bertz CT molecular complexity index is 1340. The Balaban J connectivity index is 1.91. The van der Waals surface area contributed by atoms with Gasteiger partial charge in [-0.05, 0) is 54.6 Å². The van der Waals surface area contributed by atoms with Crippen LogP contribution in [0.25, 0.3) is 11.1 Å². The molecule has 0 amide bonds. The van der Waals surface area contributed by atoms with Crippen molar-refractivity contribution in [3.63, 3.8) is 0 Å². The van der Waals surface area contributed by atoms with E-state index >= 15 is 0 Å². The van der Waals surface area contributed by atoms with Gasteiger partial charge in [-0.3, -0.25) is 9.71 Å². The van der Waals surface area contributed by atoms with E-state index in [4.69, 9.17) is 9.16 Å². The van der Waals surface area contributed by atoms with Crippen LogP contribution in [0.15, 0.2) is 53.8 Å². The van der Waals surface area contributed by atoms with Gasteiger partial charge < -0.3 is 9.16 Å². The van der Waals surface area contributed by atoms with Gasteiger partial charge in [-0.25, -0.2) is 18.4 Å². The Morgan fingerprint density at radius 3 is 2.46 bits per heavy atom. The van der Waals surface area contributed by atoms with Gasteiger partial charge in [-0.2, -0.15) is 0 Å². The summed E-state index contributed by atoms with van der Waals surface area (Å²) in [5.74, 6) is 0.375. The molecule has 2 aromatic heterocycles. The summed E-state index contributed by atoms with van der Waals surface area (Å²) >= 11 is 0. The highest BCUT2D eigenvalue weighted by Crippen LogP contribution is 2.37. The van der Waals surface area contributed by atoms with Crippen LogP contribution in [0.2, 0.25) is 18.1 Å². The van der Waals surface area contributed by atoms with Crippen molar-refractivity contribution in [3.8, 4) is 17.0 Å². The topological polar surface area (TPSA) is 103 Å². The van der Waals surface area contributed by atoms with Crippen LogP contribution in [0.3, 0.4) is 0 Å². The first-order chi connectivity index (χ1) is 17.2. The zero-order valence-electron chi connectivity index (χ0n) is 23.0. The van der Waals surface area contributed by atoms with Gasteiger partial charge >= 0.3 is 0 Å². The molecule has 0 saturated heterocycles. The second-order valence-corrected chi connectivity index (χ2v) is 17.3. The monoisotopic (exact) mass is 542 g/mol. The van der Waals surface area contributed by atoms with Crippen LogP contribution in [-0.4, -0.2) is 45.4 Å². The van der Waals surface area contributed by atoms with E-state index in [9.17, 15) is 8.42 Å². The molecule has 1 aromatic carbocycles. The molecule has 0 radical (unpaired) electrons. The number of nitrogens with zero attached hydrogens (tertiary/aromatic N) is 3. The number of ether oxygens (including phenoxy) is 1. The maximum atomic E-state index is 13.5. The Hall–Kier alpha value is -2.82. The minimum atomic E-state index is -4.04. The van der Waals surface area contributed by atoms with Crippen molar-refractivity contribution in [1.29, 1.82) is 0 Å². The lowest BCUT2D eigenvalue weighted by Crippen LogP contribution is -2.41. The number of methoxy groups -OCH3 is 1. The lowest BCUT2D eigenvalue weighted by Gasteiger charge is -2.37. The van der Waals surface area contributed by atoms with Gasteiger partial charge in [0.1, 0.15) is 4.90 Å². The van der Waals surface area contributed by atoms with Crippen LogP contribution in [0.5, 0.6) is 5.88 Å². The van der Waals surface area contributed by atoms with Crippen molar-refractivity contribution < 1.29 is 17.6 Å². The molecule has 37 heavy (non-hydrogen) atoms. The van der Waals surface area contributed by atoms with E-state index < -0.39 is 18.3 Å². The molecule has 0 aliphatic heterocycles. The van der Waals surface area contributed by atoms with Crippen molar-refractivity contribution in [1.82, 2.24) is 15.0 Å². The molecule has 1 atom stereocenters. The third-order valence-corrected chi connectivity index (χ3v) is 12.6. The minimum absolute atomic E-state index is 0.0209. The molecule has 0 saturated carbocycles. The Kier molecular flexibility index (Phi) is 8.76. The molecule has 10 heteroatoms. The number of hydrogen-bond acceptors (Lipinski definition) is 7. The van der Waals surface area contributed by atoms with Gasteiger partial charge in [0.25, 0.3) is 15.9 Å². The van der Waals surface area contributed by atoms with E-state index in [0.717, 1.165) is 17.5 Å². The Morgan fingerprint density at radius 1 is 1.08 bits per heavy atom. The average Bonchev–Trinajstić information content (AvgIpc) is 2.83. The molecule has 1 N–H and O–H groups in total. The summed E-state index contributed by atoms with van der Waals surface area (Å²) in [5.41, 5.74) is 3.06. The summed E-state index contributed by atoms with van der Waals surface area (Å²) in [6, 6.07) is 9.59. The first-order valence-corrected chi connectivity index (χ1v) is 16.7. The second kappa shape index (κ2) is 11.3. The summed E-state index contributed by atoms with van der Waals surface area (Å²) in [7, 11) is -4.49. The molecule has 1 unspecified atom stereocenters. The molecule has 0 fully saturated rings. The maximum absolute atomic E-state index is 13.5. The summed E-state index contributed by atoms with van der Waals surface area (Å²) in [4.78, 5) is 12.5. The lowest BCUT2D eigenvalue weighted by molar-refractivity contribution is 0.237. The number of rotatable bonds is 10. The number of benzene rings is 1. The third kappa shape index (κ3) is 6.94. The van der Waals surface area contributed by atoms with Crippen LogP contribution in [0.4, 0.5) is 5.82 Å². The molecule has 200 valence electrons. The quantitative estimate of drug-likeness (QED) is 0.320. The number of nitrogens with one attached hydrogen (secondary N) is 1. The highest BCUT2D eigenvalue weighted by atomic mass is 32.2. The van der Waals surface area contributed by atoms with Crippen LogP contribution < -0.4 is 9.46 Å². The van der Waals surface area contributed by atoms with Gasteiger partial charge in [0.15, 0.2) is 8.32 Å². The molecule has 0 spiro atoms. The fourth-order valence-electron chi connectivity index (χ4n) is 3.63. The van der Waals surface area contributed by atoms with E-state index in [1.54, 1.807) is 19.2 Å². The zero-order chi connectivity index (χ0) is 27.4. The predicted octanol–water partition coefficient (Wildman–Crippen LogP) is 5.86. The Morgan fingerprint density at radius 2 is 1.78 bits per heavy atom. The first-order valence-electron chi connectivity index (χ1n) is 12.3. The van der Waals surface area contributed by atoms with Gasteiger partial charge in [0, 0.05) is 24.6 Å². The van der Waals surface area contributed by atoms with E-state index in [2.05, 4.69) is 60.5 Å². The van der Waals surface area contributed by atoms with Gasteiger partial charge in [0.2, 0.25) is 5.82 Å². The predicted molar refractivity (Wildman–Crippen MR) is 150 cm³/mol. The molecule has 3 rings (SSSR count). The molecule has 0 aliphatic rings. The fourth-order valence-corrected chi connectivity index (χ4v) is 5.93. The van der Waals surface area contributed by atoms with Crippen molar-refractivity contribution in [3.05, 3.63) is 60.2 Å². The summed E-state index contributed by atoms with van der Waals surface area (Å²) in [6.45, 7) is 15.8. The van der Waals surface area contributed by atoms with Gasteiger partial charge in [0.05, 0.1) is 19.0 Å². The number of pyridine rings is 1. The molecular weight excluding hydrogens is 504 g/mol. The molecule has 2 heterocycles. The first kappa shape index (κ1) is 28.7.